The molecule has 4 aromatic carbocycles. The van der Waals surface area contributed by atoms with E-state index in [1.54, 1.807) is 12.4 Å². The summed E-state index contributed by atoms with van der Waals surface area (Å²) in [5.41, 5.74) is 32.2. The molecule has 12 nitrogen and oxygen atoms in total. The van der Waals surface area contributed by atoms with Gasteiger partial charge >= 0.3 is 0 Å². The van der Waals surface area contributed by atoms with Crippen LogP contribution in [0.5, 0.6) is 0 Å². The van der Waals surface area contributed by atoms with E-state index in [0.717, 1.165) is 154 Å². The number of pyridine rings is 8. The summed E-state index contributed by atoms with van der Waals surface area (Å²) in [6.45, 7) is 21.1. The zero-order valence-electron chi connectivity index (χ0n) is 70.2. The van der Waals surface area contributed by atoms with E-state index < -0.39 is 12.7 Å². The molecule has 109 heavy (non-hydrogen) atoms. The molecule has 3 saturated carbocycles. The van der Waals surface area contributed by atoms with E-state index in [2.05, 4.69) is 219 Å². The van der Waals surface area contributed by atoms with Crippen molar-refractivity contribution in [1.29, 1.82) is 0 Å². The lowest BCUT2D eigenvalue weighted by molar-refractivity contribution is -0.661. The monoisotopic (exact) mass is 1450 g/mol. The minimum Gasteiger partial charge on any atom is -0.437 e. The smallest absolute Gasteiger partial charge is 0.227 e. The maximum Gasteiger partial charge on any atom is 0.227 e. The molecule has 0 atom stereocenters. The molecular formula is C97H104N8O4+4. The van der Waals surface area contributed by atoms with Crippen molar-refractivity contribution in [1.82, 2.24) is 19.9 Å². The Kier molecular flexibility index (Phi) is 18.4. The van der Waals surface area contributed by atoms with Gasteiger partial charge in [0.1, 0.15) is 28.2 Å². The second kappa shape index (κ2) is 29.7. The Morgan fingerprint density at radius 2 is 0.706 bits per heavy atom. The van der Waals surface area contributed by atoms with E-state index in [-0.39, 0.29) is 5.56 Å². The van der Waals surface area contributed by atoms with E-state index in [1.807, 2.05) is 63.6 Å². The fourth-order valence-electron chi connectivity index (χ4n) is 18.0. The third kappa shape index (κ3) is 13.4. The number of furan rings is 4. The quantitative estimate of drug-likeness (QED) is 0.131. The minimum absolute atomic E-state index is 0.271. The van der Waals surface area contributed by atoms with Crippen molar-refractivity contribution in [2.24, 2.45) is 28.2 Å². The average molecular weight is 1450 g/mol. The van der Waals surface area contributed by atoms with E-state index >= 15 is 0 Å². The van der Waals surface area contributed by atoms with E-state index in [0.29, 0.717) is 29.8 Å². The number of hydrogen-bond donors (Lipinski definition) is 0. The molecule has 552 valence electrons. The van der Waals surface area contributed by atoms with Crippen LogP contribution in [0.15, 0.2) is 170 Å². The highest BCUT2D eigenvalue weighted by Crippen LogP contribution is 2.45. The number of nitrogens with zero attached hydrogens (tertiary/aromatic N) is 8. The van der Waals surface area contributed by atoms with Gasteiger partial charge in [0.2, 0.25) is 45.6 Å². The molecule has 3 aliphatic carbocycles. The summed E-state index contributed by atoms with van der Waals surface area (Å²) in [6, 6.07) is 42.5. The molecule has 0 saturated heterocycles. The molecule has 0 aliphatic heterocycles. The predicted octanol–water partition coefficient (Wildman–Crippen LogP) is 23.1. The lowest BCUT2D eigenvalue weighted by atomic mass is 9.91. The molecule has 19 rings (SSSR count). The molecule has 0 amide bonds. The lowest BCUT2D eigenvalue weighted by Gasteiger charge is -2.14. The topological polar surface area (TPSA) is 120 Å². The van der Waals surface area contributed by atoms with Gasteiger partial charge in [0.15, 0.2) is 47.1 Å². The molecule has 3 aliphatic rings. The molecule has 0 spiro atoms. The fraction of sp³-hybridized carbons (Fsp3) is 0.340. The minimum atomic E-state index is -2.27. The molecule has 12 heterocycles. The average Bonchev–Trinajstić information content (AvgIpc) is 1.31. The number of aromatic nitrogens is 8. The van der Waals surface area contributed by atoms with Gasteiger partial charge < -0.3 is 17.7 Å². The Balaban J connectivity index is 0.000000114. The first kappa shape index (κ1) is 67.6. The third-order valence-corrected chi connectivity index (χ3v) is 23.9. The molecule has 0 unspecified atom stereocenters. The molecule has 0 radical (unpaired) electrons. The van der Waals surface area contributed by atoms with Crippen molar-refractivity contribution < 1.29 is 41.4 Å². The highest BCUT2D eigenvalue weighted by Gasteiger charge is 2.32. The van der Waals surface area contributed by atoms with Gasteiger partial charge in [-0.15, -0.1) is 0 Å². The Labute approximate surface area is 646 Å². The summed E-state index contributed by atoms with van der Waals surface area (Å²) in [4.78, 5) is 18.2. The van der Waals surface area contributed by atoms with Gasteiger partial charge in [0.05, 0.1) is 22.3 Å². The second-order valence-corrected chi connectivity index (χ2v) is 31.4. The second-order valence-electron chi connectivity index (χ2n) is 31.4. The SMILES string of the molecule is CCc1cc(-c2c(C)ccc3c2oc2ncccc23)[n+](C)cc1CC.Cc1ccc2c(n1)oc1c(-c3cc(C)c(C4CCCC4)c[n+]3C)c(C)ccc12.Cc1ccc2c(n1)oc1c(-c3cc(C)c(C4CCCC4)c[n+]3C)c(C)ccc12.[2H]C([2H])([2H])c1c[n+](C)c(-c2c(C)ccc3c2oc2nc(C)ccc23)cc1C1([2H])CCCC1. The maximum atomic E-state index is 9.11. The maximum absolute atomic E-state index is 9.11. The van der Waals surface area contributed by atoms with Crippen molar-refractivity contribution in [3.05, 3.63) is 236 Å². The molecule has 12 heteroatoms. The number of fused-ring (bicyclic) bond motifs is 12. The molecule has 12 aromatic heterocycles. The highest BCUT2D eigenvalue weighted by atomic mass is 16.4. The van der Waals surface area contributed by atoms with Gasteiger partial charge in [0, 0.05) is 118 Å². The van der Waals surface area contributed by atoms with E-state index in [4.69, 9.17) is 23.2 Å². The first-order valence-corrected chi connectivity index (χ1v) is 39.5. The standard InChI is InChI=1S/3C25H27N2O.C22H23N2O/c1-15-9-11-19-20-12-10-17(3)26-25(20)28-24(19)23(15)22-13-21(16(2)14-27(22)4)18-7-5-6-8-18;2*1-15-9-11-19-20-12-10-17(3)26-25(20)28-24(19)23(15)22-13-16(2)21(14-27(22)4)18-7-5-6-8-18;1-5-15-12-19(24(4)13-16(15)6-2)20-14(3)9-10-17-18-8-7-11-23-22(18)25-21(17)20/h3*9-14,18H,5-8H2,1-4H3;7-13H,5-6H2,1-4H3/q4*+1/i2D3,18D;;;. The van der Waals surface area contributed by atoms with Crippen molar-refractivity contribution in [3.8, 4) is 45.0 Å². The largest absolute Gasteiger partial charge is 0.437 e. The molecule has 0 N–H and O–H groups in total. The van der Waals surface area contributed by atoms with Crippen molar-refractivity contribution in [2.75, 3.05) is 0 Å². The van der Waals surface area contributed by atoms with E-state index in [9.17, 15) is 0 Å². The molecular weight excluding hydrogens is 1340 g/mol. The summed E-state index contributed by atoms with van der Waals surface area (Å²) >= 11 is 0. The van der Waals surface area contributed by atoms with Crippen LogP contribution in [-0.4, -0.2) is 19.9 Å². The summed E-state index contributed by atoms with van der Waals surface area (Å²) < 4.78 is 67.1. The molecule has 0 bridgehead atoms. The lowest BCUT2D eigenvalue weighted by Crippen LogP contribution is -2.32. The van der Waals surface area contributed by atoms with Gasteiger partial charge in [-0.2, -0.15) is 0 Å². The number of aryl methyl sites for hydroxylation is 16. The predicted molar refractivity (Wildman–Crippen MR) is 442 cm³/mol. The molecule has 16 aromatic rings. The van der Waals surface area contributed by atoms with Crippen LogP contribution >= 0.6 is 0 Å². The highest BCUT2D eigenvalue weighted by molar-refractivity contribution is 6.12. The number of rotatable bonds is 9. The zero-order valence-corrected chi connectivity index (χ0v) is 66.2. The first-order valence-electron chi connectivity index (χ1n) is 41.5. The summed E-state index contributed by atoms with van der Waals surface area (Å²) in [7, 11) is 8.31. The summed E-state index contributed by atoms with van der Waals surface area (Å²) in [5.74, 6) is 0.562. The number of benzene rings is 4. The Bertz CT molecular complexity index is 6240. The summed E-state index contributed by atoms with van der Waals surface area (Å²) in [5, 5.41) is 8.59. The van der Waals surface area contributed by atoms with Gasteiger partial charge in [-0.25, -0.2) is 38.2 Å². The fourth-order valence-corrected chi connectivity index (χ4v) is 18.0. The van der Waals surface area contributed by atoms with Crippen LogP contribution in [0.3, 0.4) is 0 Å². The van der Waals surface area contributed by atoms with E-state index in [1.165, 1.54) is 130 Å². The number of hydrogen-bond acceptors (Lipinski definition) is 8. The van der Waals surface area contributed by atoms with Gasteiger partial charge in [-0.05, 0) is 231 Å². The van der Waals surface area contributed by atoms with Crippen molar-refractivity contribution in [3.63, 3.8) is 0 Å². The Morgan fingerprint density at radius 3 is 1.11 bits per heavy atom. The summed E-state index contributed by atoms with van der Waals surface area (Å²) in [6.07, 6.45) is 26.5. The van der Waals surface area contributed by atoms with Crippen LogP contribution in [0, 0.1) is 69.2 Å². The van der Waals surface area contributed by atoms with Crippen LogP contribution in [-0.2, 0) is 41.0 Å². The van der Waals surface area contributed by atoms with Crippen molar-refractivity contribution in [2.45, 2.75) is 191 Å². The van der Waals surface area contributed by atoms with Gasteiger partial charge in [0.25, 0.3) is 0 Å². The van der Waals surface area contributed by atoms with Gasteiger partial charge in [-0.3, -0.25) is 0 Å². The Hall–Kier alpha value is -10.7. The third-order valence-electron chi connectivity index (χ3n) is 23.9. The normalized spacial score (nSPS) is 15.3. The zero-order chi connectivity index (χ0) is 79.2. The molecule has 3 fully saturated rings. The Morgan fingerprint density at radius 1 is 0.358 bits per heavy atom. The van der Waals surface area contributed by atoms with Gasteiger partial charge in [-0.1, -0.05) is 101 Å². The van der Waals surface area contributed by atoms with Crippen LogP contribution in [0.1, 0.15) is 198 Å². The van der Waals surface area contributed by atoms with Crippen LogP contribution < -0.4 is 18.3 Å². The van der Waals surface area contributed by atoms with Crippen LogP contribution in [0.2, 0.25) is 0 Å². The van der Waals surface area contributed by atoms with Crippen LogP contribution in [0.4, 0.5) is 0 Å². The first-order chi connectivity index (χ1) is 54.3. The van der Waals surface area contributed by atoms with Crippen LogP contribution in [0.25, 0.3) is 133 Å². The van der Waals surface area contributed by atoms with Crippen molar-refractivity contribution >= 4 is 88.3 Å².